The number of nitrogens with one attached hydrogen (secondary N) is 2. The van der Waals surface area contributed by atoms with Gasteiger partial charge in [-0.3, -0.25) is 9.20 Å². The molecule has 32 heavy (non-hydrogen) atoms. The Hall–Kier alpha value is -3.84. The van der Waals surface area contributed by atoms with Crippen molar-refractivity contribution < 1.29 is 9.53 Å². The first-order valence-electron chi connectivity index (χ1n) is 10.5. The molecule has 1 amide bonds. The van der Waals surface area contributed by atoms with Crippen LogP contribution >= 0.6 is 0 Å². The smallest absolute Gasteiger partial charge is 0.251 e. The van der Waals surface area contributed by atoms with E-state index in [1.807, 2.05) is 40.9 Å². The van der Waals surface area contributed by atoms with E-state index in [0.29, 0.717) is 24.3 Å². The topological polar surface area (TPSA) is 93.7 Å². The van der Waals surface area contributed by atoms with Gasteiger partial charge in [-0.2, -0.15) is 0 Å². The number of pyridine rings is 1. The fourth-order valence-electron chi connectivity index (χ4n) is 3.67. The third-order valence-corrected chi connectivity index (χ3v) is 5.41. The summed E-state index contributed by atoms with van der Waals surface area (Å²) >= 11 is 0. The van der Waals surface area contributed by atoms with E-state index >= 15 is 0 Å². The number of anilines is 2. The number of aryl methyl sites for hydroxylation is 2. The van der Waals surface area contributed by atoms with Crippen LogP contribution < -0.4 is 21.1 Å². The SMILES string of the molecule is COc1ccc(-c2nc3cc(C(=O)NCCN)ccn3c2Nc2c(C)cccc2C)cc1. The van der Waals surface area contributed by atoms with Crippen molar-refractivity contribution in [3.63, 3.8) is 0 Å². The molecule has 0 radical (unpaired) electrons. The fraction of sp³-hybridized carbons (Fsp3) is 0.200. The monoisotopic (exact) mass is 429 g/mol. The Labute approximate surface area is 187 Å². The Bertz CT molecular complexity index is 1240. The molecule has 0 aliphatic rings. The van der Waals surface area contributed by atoms with Crippen molar-refractivity contribution >= 4 is 23.1 Å². The van der Waals surface area contributed by atoms with Crippen molar-refractivity contribution in [2.75, 3.05) is 25.5 Å². The molecule has 0 bridgehead atoms. The van der Waals surface area contributed by atoms with Gasteiger partial charge in [-0.25, -0.2) is 4.98 Å². The number of amides is 1. The lowest BCUT2D eigenvalue weighted by Crippen LogP contribution is -2.29. The minimum absolute atomic E-state index is 0.170. The van der Waals surface area contributed by atoms with E-state index in [0.717, 1.165) is 39.6 Å². The quantitative estimate of drug-likeness (QED) is 0.412. The van der Waals surface area contributed by atoms with Gasteiger partial charge in [0.25, 0.3) is 5.91 Å². The molecule has 0 unspecified atom stereocenters. The number of benzene rings is 2. The van der Waals surface area contributed by atoms with Crippen LogP contribution in [0.1, 0.15) is 21.5 Å². The third kappa shape index (κ3) is 4.15. The fourth-order valence-corrected chi connectivity index (χ4v) is 3.67. The van der Waals surface area contributed by atoms with E-state index in [2.05, 4.69) is 36.6 Å². The van der Waals surface area contributed by atoms with E-state index in [1.165, 1.54) is 0 Å². The highest BCUT2D eigenvalue weighted by Gasteiger charge is 2.17. The van der Waals surface area contributed by atoms with Gasteiger partial charge in [0.05, 0.1) is 7.11 Å². The molecular weight excluding hydrogens is 402 g/mol. The summed E-state index contributed by atoms with van der Waals surface area (Å²) in [6.45, 7) is 4.97. The number of carbonyl (C=O) groups excluding carboxylic acids is 1. The van der Waals surface area contributed by atoms with Gasteiger partial charge in [0, 0.05) is 36.1 Å². The molecule has 4 aromatic rings. The van der Waals surface area contributed by atoms with Crippen LogP contribution in [0, 0.1) is 13.8 Å². The lowest BCUT2D eigenvalue weighted by molar-refractivity contribution is 0.0954. The number of imidazole rings is 1. The summed E-state index contributed by atoms with van der Waals surface area (Å²) in [4.78, 5) is 17.3. The van der Waals surface area contributed by atoms with E-state index < -0.39 is 0 Å². The van der Waals surface area contributed by atoms with Gasteiger partial charge in [-0.05, 0) is 61.4 Å². The Balaban J connectivity index is 1.85. The maximum atomic E-state index is 12.4. The molecule has 0 saturated heterocycles. The summed E-state index contributed by atoms with van der Waals surface area (Å²) in [5.74, 6) is 1.44. The van der Waals surface area contributed by atoms with Crippen molar-refractivity contribution in [2.45, 2.75) is 13.8 Å². The van der Waals surface area contributed by atoms with Crippen LogP contribution in [0.3, 0.4) is 0 Å². The van der Waals surface area contributed by atoms with E-state index in [1.54, 1.807) is 19.2 Å². The highest BCUT2D eigenvalue weighted by atomic mass is 16.5. The molecular formula is C25H27N5O2. The van der Waals surface area contributed by atoms with Crippen LogP contribution in [0.4, 0.5) is 11.5 Å². The Morgan fingerprint density at radius 3 is 2.47 bits per heavy atom. The molecule has 2 aromatic carbocycles. The Kier molecular flexibility index (Phi) is 6.09. The molecule has 7 nitrogen and oxygen atoms in total. The first-order chi connectivity index (χ1) is 15.5. The second kappa shape index (κ2) is 9.11. The second-order valence-electron chi connectivity index (χ2n) is 7.62. The zero-order chi connectivity index (χ0) is 22.7. The van der Waals surface area contributed by atoms with E-state index in [-0.39, 0.29) is 5.91 Å². The standard InChI is InChI=1S/C25H27N5O2/c1-16-5-4-6-17(2)22(16)29-24-23(18-7-9-20(32-3)10-8-18)28-21-15-19(11-14-30(21)24)25(31)27-13-12-26/h4-11,14-15,29H,12-13,26H2,1-3H3,(H,27,31). The number of hydrogen-bond donors (Lipinski definition) is 3. The maximum Gasteiger partial charge on any atom is 0.251 e. The molecule has 0 aliphatic carbocycles. The molecule has 0 aliphatic heterocycles. The van der Waals surface area contributed by atoms with Gasteiger partial charge in [0.15, 0.2) is 0 Å². The third-order valence-electron chi connectivity index (χ3n) is 5.41. The lowest BCUT2D eigenvalue weighted by atomic mass is 10.1. The van der Waals surface area contributed by atoms with Crippen LogP contribution in [-0.4, -0.2) is 35.5 Å². The maximum absolute atomic E-state index is 12.4. The summed E-state index contributed by atoms with van der Waals surface area (Å²) in [6.07, 6.45) is 1.86. The number of fused-ring (bicyclic) bond motifs is 1. The zero-order valence-corrected chi connectivity index (χ0v) is 18.5. The molecule has 4 rings (SSSR count). The van der Waals surface area contributed by atoms with Crippen molar-refractivity contribution in [3.05, 3.63) is 77.5 Å². The molecule has 7 heteroatoms. The van der Waals surface area contributed by atoms with Gasteiger partial charge in [0.1, 0.15) is 22.9 Å². The summed E-state index contributed by atoms with van der Waals surface area (Å²) < 4.78 is 7.26. The number of aromatic nitrogens is 2. The summed E-state index contributed by atoms with van der Waals surface area (Å²) in [5, 5.41) is 6.40. The van der Waals surface area contributed by atoms with Crippen molar-refractivity contribution in [1.82, 2.24) is 14.7 Å². The van der Waals surface area contributed by atoms with Gasteiger partial charge < -0.3 is 21.1 Å². The Morgan fingerprint density at radius 1 is 1.09 bits per heavy atom. The first kappa shape index (κ1) is 21.4. The minimum atomic E-state index is -0.170. The summed E-state index contributed by atoms with van der Waals surface area (Å²) in [6, 6.07) is 17.5. The van der Waals surface area contributed by atoms with E-state index in [4.69, 9.17) is 15.5 Å². The lowest BCUT2D eigenvalue weighted by Gasteiger charge is -2.14. The average Bonchev–Trinajstić information content (AvgIpc) is 3.17. The van der Waals surface area contributed by atoms with Crippen LogP contribution in [0.2, 0.25) is 0 Å². The predicted molar refractivity (Wildman–Crippen MR) is 128 cm³/mol. The largest absolute Gasteiger partial charge is 0.497 e. The highest BCUT2D eigenvalue weighted by Crippen LogP contribution is 2.34. The van der Waals surface area contributed by atoms with Crippen LogP contribution in [0.15, 0.2) is 60.8 Å². The number of carbonyl (C=O) groups is 1. The summed E-state index contributed by atoms with van der Waals surface area (Å²) in [5.41, 5.74) is 11.8. The van der Waals surface area contributed by atoms with Crippen molar-refractivity contribution in [3.8, 4) is 17.0 Å². The number of methoxy groups -OCH3 is 1. The number of rotatable bonds is 7. The summed E-state index contributed by atoms with van der Waals surface area (Å²) in [7, 11) is 1.64. The molecule has 0 saturated carbocycles. The number of nitrogens with two attached hydrogens (primary N) is 1. The van der Waals surface area contributed by atoms with Gasteiger partial charge >= 0.3 is 0 Å². The van der Waals surface area contributed by atoms with Crippen LogP contribution in [0.25, 0.3) is 16.9 Å². The van der Waals surface area contributed by atoms with Crippen LogP contribution in [0.5, 0.6) is 5.75 Å². The van der Waals surface area contributed by atoms with Crippen LogP contribution in [-0.2, 0) is 0 Å². The van der Waals surface area contributed by atoms with Gasteiger partial charge in [-0.15, -0.1) is 0 Å². The number of nitrogens with zero attached hydrogens (tertiary/aromatic N) is 2. The first-order valence-corrected chi connectivity index (χ1v) is 10.5. The van der Waals surface area contributed by atoms with Gasteiger partial charge in [-0.1, -0.05) is 18.2 Å². The number of ether oxygens (including phenoxy) is 1. The predicted octanol–water partition coefficient (Wildman–Crippen LogP) is 4.06. The van der Waals surface area contributed by atoms with Crippen molar-refractivity contribution in [2.24, 2.45) is 5.73 Å². The molecule has 2 heterocycles. The Morgan fingerprint density at radius 2 is 1.81 bits per heavy atom. The second-order valence-corrected chi connectivity index (χ2v) is 7.62. The zero-order valence-electron chi connectivity index (χ0n) is 18.5. The molecule has 0 atom stereocenters. The molecule has 4 N–H and O–H groups in total. The van der Waals surface area contributed by atoms with E-state index in [9.17, 15) is 4.79 Å². The average molecular weight is 430 g/mol. The normalized spacial score (nSPS) is 10.9. The number of hydrogen-bond acceptors (Lipinski definition) is 5. The van der Waals surface area contributed by atoms with Crippen molar-refractivity contribution in [1.29, 1.82) is 0 Å². The molecule has 0 spiro atoms. The highest BCUT2D eigenvalue weighted by molar-refractivity contribution is 5.95. The minimum Gasteiger partial charge on any atom is -0.497 e. The molecule has 2 aromatic heterocycles. The number of para-hydroxylation sites is 1. The molecule has 0 fully saturated rings. The molecule has 164 valence electrons. The van der Waals surface area contributed by atoms with Gasteiger partial charge in [0.2, 0.25) is 0 Å².